The molecule has 19 heavy (non-hydrogen) atoms. The molecule has 0 unspecified atom stereocenters. The predicted molar refractivity (Wildman–Crippen MR) is 71.5 cm³/mol. The van der Waals surface area contributed by atoms with Gasteiger partial charge < -0.3 is 15.2 Å². The van der Waals surface area contributed by atoms with Crippen molar-refractivity contribution < 1.29 is 19.4 Å². The summed E-state index contributed by atoms with van der Waals surface area (Å²) in [4.78, 5) is 24.1. The van der Waals surface area contributed by atoms with Gasteiger partial charge >= 0.3 is 5.97 Å². The maximum atomic E-state index is 12.0. The van der Waals surface area contributed by atoms with Crippen LogP contribution in [0.3, 0.4) is 0 Å². The summed E-state index contributed by atoms with van der Waals surface area (Å²) < 4.78 is 5.20. The second kappa shape index (κ2) is 5.71. The fraction of sp³-hybridized carbons (Fsp3) is 0.538. The molecule has 0 bridgehead atoms. The second-order valence-electron chi connectivity index (χ2n) is 4.81. The van der Waals surface area contributed by atoms with Crippen LogP contribution >= 0.6 is 11.3 Å². The van der Waals surface area contributed by atoms with E-state index in [0.717, 1.165) is 5.56 Å². The van der Waals surface area contributed by atoms with Crippen LogP contribution in [0.1, 0.15) is 28.1 Å². The normalized spacial score (nSPS) is 17.9. The SMILES string of the molecule is Cc1ccsc1C(=O)NCC1(C(=O)O)CCOCC1. The van der Waals surface area contributed by atoms with Crippen molar-refractivity contribution in [1.29, 1.82) is 0 Å². The maximum absolute atomic E-state index is 12.0. The van der Waals surface area contributed by atoms with E-state index in [-0.39, 0.29) is 12.5 Å². The van der Waals surface area contributed by atoms with Gasteiger partial charge in [0.15, 0.2) is 0 Å². The van der Waals surface area contributed by atoms with Crippen molar-refractivity contribution in [2.24, 2.45) is 5.41 Å². The van der Waals surface area contributed by atoms with Gasteiger partial charge in [0.2, 0.25) is 0 Å². The van der Waals surface area contributed by atoms with Gasteiger partial charge in [-0.1, -0.05) is 0 Å². The molecule has 1 saturated heterocycles. The Morgan fingerprint density at radius 3 is 2.68 bits per heavy atom. The van der Waals surface area contributed by atoms with Crippen molar-refractivity contribution in [2.75, 3.05) is 19.8 Å². The number of aliphatic carboxylic acids is 1. The first kappa shape index (κ1) is 14.0. The monoisotopic (exact) mass is 283 g/mol. The number of carbonyl (C=O) groups is 2. The average Bonchev–Trinajstić information content (AvgIpc) is 2.83. The minimum atomic E-state index is -0.890. The van der Waals surface area contributed by atoms with E-state index in [0.29, 0.717) is 30.9 Å². The number of rotatable bonds is 4. The summed E-state index contributed by atoms with van der Waals surface area (Å²) in [6.07, 6.45) is 0.873. The fourth-order valence-electron chi connectivity index (χ4n) is 2.16. The van der Waals surface area contributed by atoms with E-state index < -0.39 is 11.4 Å². The summed E-state index contributed by atoms with van der Waals surface area (Å²) in [5.74, 6) is -1.06. The zero-order chi connectivity index (χ0) is 13.9. The molecule has 6 heteroatoms. The minimum absolute atomic E-state index is 0.155. The highest BCUT2D eigenvalue weighted by Crippen LogP contribution is 2.30. The van der Waals surface area contributed by atoms with Crippen molar-refractivity contribution in [1.82, 2.24) is 5.32 Å². The molecule has 0 aromatic carbocycles. The van der Waals surface area contributed by atoms with Gasteiger partial charge in [-0.3, -0.25) is 9.59 Å². The quantitative estimate of drug-likeness (QED) is 0.881. The van der Waals surface area contributed by atoms with Gasteiger partial charge in [-0.25, -0.2) is 0 Å². The van der Waals surface area contributed by atoms with Crippen LogP contribution in [0.4, 0.5) is 0 Å². The molecule has 1 aliphatic heterocycles. The lowest BCUT2D eigenvalue weighted by Crippen LogP contribution is -2.46. The van der Waals surface area contributed by atoms with Crippen molar-refractivity contribution in [3.63, 3.8) is 0 Å². The molecule has 1 amide bonds. The smallest absolute Gasteiger partial charge is 0.311 e. The molecule has 2 N–H and O–H groups in total. The van der Waals surface area contributed by atoms with Crippen molar-refractivity contribution in [3.05, 3.63) is 21.9 Å². The molecular weight excluding hydrogens is 266 g/mol. The Labute approximate surface area is 115 Å². The molecule has 2 heterocycles. The zero-order valence-corrected chi connectivity index (χ0v) is 11.6. The van der Waals surface area contributed by atoms with Crippen molar-refractivity contribution in [3.8, 4) is 0 Å². The number of nitrogens with one attached hydrogen (secondary N) is 1. The number of ether oxygens (including phenoxy) is 1. The van der Waals surface area contributed by atoms with E-state index in [1.54, 1.807) is 0 Å². The Morgan fingerprint density at radius 2 is 2.16 bits per heavy atom. The van der Waals surface area contributed by atoms with Gasteiger partial charge in [0.05, 0.1) is 10.3 Å². The third kappa shape index (κ3) is 2.96. The second-order valence-corrected chi connectivity index (χ2v) is 5.73. The molecule has 1 aromatic heterocycles. The van der Waals surface area contributed by atoms with Crippen LogP contribution in [0.15, 0.2) is 11.4 Å². The number of hydrogen-bond donors (Lipinski definition) is 2. The minimum Gasteiger partial charge on any atom is -0.481 e. The van der Waals surface area contributed by atoms with Crippen LogP contribution in [-0.2, 0) is 9.53 Å². The lowest BCUT2D eigenvalue weighted by Gasteiger charge is -2.33. The Hall–Kier alpha value is -1.40. The Morgan fingerprint density at radius 1 is 1.47 bits per heavy atom. The van der Waals surface area contributed by atoms with Crippen LogP contribution in [0.25, 0.3) is 0 Å². The summed E-state index contributed by atoms with van der Waals surface area (Å²) in [6.45, 7) is 2.88. The highest BCUT2D eigenvalue weighted by Gasteiger charge is 2.40. The number of hydrogen-bond acceptors (Lipinski definition) is 4. The van der Waals surface area contributed by atoms with Crippen LogP contribution < -0.4 is 5.32 Å². The molecule has 1 aliphatic rings. The first-order valence-corrected chi connectivity index (χ1v) is 7.06. The van der Waals surface area contributed by atoms with Crippen molar-refractivity contribution >= 4 is 23.2 Å². The summed E-state index contributed by atoms with van der Waals surface area (Å²) in [5, 5.41) is 14.0. The zero-order valence-electron chi connectivity index (χ0n) is 10.8. The first-order chi connectivity index (χ1) is 9.05. The number of amides is 1. The molecule has 0 radical (unpaired) electrons. The maximum Gasteiger partial charge on any atom is 0.311 e. The molecule has 0 saturated carbocycles. The molecule has 0 aliphatic carbocycles. The molecule has 0 spiro atoms. The molecule has 2 rings (SSSR count). The van der Waals surface area contributed by atoms with Crippen LogP contribution in [-0.4, -0.2) is 36.7 Å². The lowest BCUT2D eigenvalue weighted by atomic mass is 9.80. The van der Waals surface area contributed by atoms with Gasteiger partial charge in [-0.15, -0.1) is 11.3 Å². The third-order valence-electron chi connectivity index (χ3n) is 3.56. The fourth-order valence-corrected chi connectivity index (χ4v) is 3.00. The first-order valence-electron chi connectivity index (χ1n) is 6.19. The predicted octanol–water partition coefficient (Wildman–Crippen LogP) is 1.67. The van der Waals surface area contributed by atoms with Crippen molar-refractivity contribution in [2.45, 2.75) is 19.8 Å². The van der Waals surface area contributed by atoms with E-state index >= 15 is 0 Å². The van der Waals surface area contributed by atoms with E-state index in [4.69, 9.17) is 4.74 Å². The lowest BCUT2D eigenvalue weighted by molar-refractivity contribution is -0.154. The van der Waals surface area contributed by atoms with E-state index in [2.05, 4.69) is 5.32 Å². The standard InChI is InChI=1S/C13H17NO4S/c1-9-2-7-19-10(9)11(15)14-8-13(12(16)17)3-5-18-6-4-13/h2,7H,3-6,8H2,1H3,(H,14,15)(H,16,17). The Kier molecular flexibility index (Phi) is 4.21. The number of aryl methyl sites for hydroxylation is 1. The number of carboxylic acid groups (broad SMARTS) is 1. The number of carboxylic acids is 1. The van der Waals surface area contributed by atoms with Gasteiger partial charge in [0.1, 0.15) is 0 Å². The highest BCUT2D eigenvalue weighted by molar-refractivity contribution is 7.12. The van der Waals surface area contributed by atoms with Gasteiger partial charge in [0.25, 0.3) is 5.91 Å². The van der Waals surface area contributed by atoms with Gasteiger partial charge in [0, 0.05) is 19.8 Å². The molecule has 1 fully saturated rings. The molecule has 0 atom stereocenters. The van der Waals surface area contributed by atoms with Gasteiger partial charge in [-0.2, -0.15) is 0 Å². The van der Waals surface area contributed by atoms with Crippen LogP contribution in [0.2, 0.25) is 0 Å². The average molecular weight is 283 g/mol. The van der Waals surface area contributed by atoms with Crippen LogP contribution in [0, 0.1) is 12.3 Å². The van der Waals surface area contributed by atoms with E-state index in [9.17, 15) is 14.7 Å². The van der Waals surface area contributed by atoms with Crippen LogP contribution in [0.5, 0.6) is 0 Å². The Bertz CT molecular complexity index is 477. The summed E-state index contributed by atoms with van der Waals surface area (Å²) in [6, 6.07) is 1.88. The summed E-state index contributed by atoms with van der Waals surface area (Å²) >= 11 is 1.37. The molecule has 1 aromatic rings. The summed E-state index contributed by atoms with van der Waals surface area (Å²) in [7, 11) is 0. The highest BCUT2D eigenvalue weighted by atomic mass is 32.1. The summed E-state index contributed by atoms with van der Waals surface area (Å²) in [5.41, 5.74) is 0.0258. The number of carbonyl (C=O) groups excluding carboxylic acids is 1. The largest absolute Gasteiger partial charge is 0.481 e. The molecular formula is C13H17NO4S. The van der Waals surface area contributed by atoms with Gasteiger partial charge in [-0.05, 0) is 36.8 Å². The van der Waals surface area contributed by atoms with E-state index in [1.807, 2.05) is 18.4 Å². The molecule has 104 valence electrons. The number of thiophene rings is 1. The topological polar surface area (TPSA) is 75.6 Å². The molecule has 5 nitrogen and oxygen atoms in total. The Balaban J connectivity index is 2.02. The van der Waals surface area contributed by atoms with E-state index in [1.165, 1.54) is 11.3 Å². The third-order valence-corrected chi connectivity index (χ3v) is 4.57.